The Balaban J connectivity index is 1.81. The monoisotopic (exact) mass is 379 g/mol. The summed E-state index contributed by atoms with van der Waals surface area (Å²) in [6.07, 6.45) is 0.0779. The van der Waals surface area contributed by atoms with Crippen LogP contribution in [0.1, 0.15) is 12.0 Å². The molecule has 2 aliphatic rings. The van der Waals surface area contributed by atoms with Crippen LogP contribution in [0.15, 0.2) is 29.3 Å². The van der Waals surface area contributed by atoms with Gasteiger partial charge in [-0.3, -0.25) is 14.7 Å². The molecule has 0 radical (unpaired) electrons. The van der Waals surface area contributed by atoms with Crippen LogP contribution in [-0.2, 0) is 11.3 Å². The van der Waals surface area contributed by atoms with Crippen molar-refractivity contribution in [3.8, 4) is 0 Å². The third-order valence-electron chi connectivity index (χ3n) is 4.63. The van der Waals surface area contributed by atoms with Gasteiger partial charge < -0.3 is 20.2 Å². The minimum atomic E-state index is -0.544. The Morgan fingerprint density at radius 2 is 1.88 bits per heavy atom. The van der Waals surface area contributed by atoms with Crippen LogP contribution in [0.5, 0.6) is 0 Å². The SMILES string of the molecule is CN1C(=O)N(Cc2ccc(Cl)cc2)C(=O)C2C1NC(=NCCCO)N2C. The Bertz CT molecular complexity index is 724. The standard InChI is InChI=1S/C17H22ClN5O3/c1-21-13-14(20-16(21)19-8-3-9-24)22(2)17(26)23(15(13)25)10-11-4-6-12(18)7-5-11/h4-7,13-14,24H,3,8-10H2,1-2H3,(H,19,20). The third kappa shape index (κ3) is 3.34. The summed E-state index contributed by atoms with van der Waals surface area (Å²) in [6.45, 7) is 0.690. The lowest BCUT2D eigenvalue weighted by Gasteiger charge is -2.40. The van der Waals surface area contributed by atoms with Crippen molar-refractivity contribution in [3.63, 3.8) is 0 Å². The number of hydrogen-bond donors (Lipinski definition) is 2. The molecule has 2 heterocycles. The number of fused-ring (bicyclic) bond motifs is 1. The maximum absolute atomic E-state index is 13.0. The van der Waals surface area contributed by atoms with E-state index in [0.717, 1.165) is 5.56 Å². The summed E-state index contributed by atoms with van der Waals surface area (Å²) in [6, 6.07) is 6.16. The van der Waals surface area contributed by atoms with E-state index in [9.17, 15) is 9.59 Å². The van der Waals surface area contributed by atoms with Gasteiger partial charge in [-0.25, -0.2) is 4.79 Å². The van der Waals surface area contributed by atoms with Gasteiger partial charge in [-0.1, -0.05) is 23.7 Å². The molecule has 8 nitrogen and oxygen atoms in total. The first-order valence-electron chi connectivity index (χ1n) is 8.41. The van der Waals surface area contributed by atoms with Crippen molar-refractivity contribution in [2.75, 3.05) is 27.2 Å². The molecule has 2 atom stereocenters. The Morgan fingerprint density at radius 3 is 2.54 bits per heavy atom. The van der Waals surface area contributed by atoms with Crippen LogP contribution in [0.3, 0.4) is 0 Å². The molecule has 2 aliphatic heterocycles. The number of rotatable bonds is 5. The number of nitrogens with one attached hydrogen (secondary N) is 1. The zero-order chi connectivity index (χ0) is 18.8. The molecule has 2 saturated heterocycles. The number of aliphatic imine (C=N–C) groups is 1. The maximum Gasteiger partial charge on any atom is 0.328 e. The van der Waals surface area contributed by atoms with Crippen molar-refractivity contribution in [1.82, 2.24) is 20.0 Å². The number of aliphatic hydroxyl groups excluding tert-OH is 1. The van der Waals surface area contributed by atoms with Crippen LogP contribution in [0, 0.1) is 0 Å². The minimum absolute atomic E-state index is 0.0551. The number of urea groups is 1. The Hall–Kier alpha value is -2.32. The van der Waals surface area contributed by atoms with Crippen molar-refractivity contribution in [3.05, 3.63) is 34.9 Å². The molecule has 2 N–H and O–H groups in total. The summed E-state index contributed by atoms with van der Waals surface area (Å²) in [7, 11) is 3.44. The number of nitrogens with zero attached hydrogens (tertiary/aromatic N) is 4. The highest BCUT2D eigenvalue weighted by atomic mass is 35.5. The van der Waals surface area contributed by atoms with Crippen LogP contribution >= 0.6 is 11.6 Å². The molecular formula is C17H22ClN5O3. The second kappa shape index (κ2) is 7.51. The lowest BCUT2D eigenvalue weighted by Crippen LogP contribution is -2.65. The van der Waals surface area contributed by atoms with E-state index >= 15 is 0 Å². The van der Waals surface area contributed by atoms with Crippen LogP contribution in [0.25, 0.3) is 0 Å². The number of halogens is 1. The predicted molar refractivity (Wildman–Crippen MR) is 97.6 cm³/mol. The van der Waals surface area contributed by atoms with Gasteiger partial charge in [0, 0.05) is 32.3 Å². The lowest BCUT2D eigenvalue weighted by molar-refractivity contribution is -0.137. The van der Waals surface area contributed by atoms with E-state index < -0.39 is 12.2 Å². The molecule has 0 saturated carbocycles. The fraction of sp³-hybridized carbons (Fsp3) is 0.471. The van der Waals surface area contributed by atoms with Gasteiger partial charge in [0.1, 0.15) is 6.17 Å². The first-order valence-corrected chi connectivity index (χ1v) is 8.79. The van der Waals surface area contributed by atoms with Crippen LogP contribution in [-0.4, -0.2) is 77.2 Å². The van der Waals surface area contributed by atoms with Gasteiger partial charge in [0.2, 0.25) is 0 Å². The number of benzene rings is 1. The lowest BCUT2D eigenvalue weighted by atomic mass is 10.1. The van der Waals surface area contributed by atoms with E-state index in [1.807, 2.05) is 0 Å². The molecule has 2 fully saturated rings. The van der Waals surface area contributed by atoms with Gasteiger partial charge >= 0.3 is 6.03 Å². The summed E-state index contributed by atoms with van der Waals surface area (Å²) < 4.78 is 0. The van der Waals surface area contributed by atoms with Gasteiger partial charge in [0.25, 0.3) is 5.91 Å². The molecule has 1 aromatic rings. The van der Waals surface area contributed by atoms with Gasteiger partial charge in [-0.2, -0.15) is 0 Å². The minimum Gasteiger partial charge on any atom is -0.396 e. The van der Waals surface area contributed by atoms with Crippen LogP contribution in [0.4, 0.5) is 4.79 Å². The second-order valence-electron chi connectivity index (χ2n) is 6.37. The number of carbonyl (C=O) groups is 2. The molecule has 0 bridgehead atoms. The fourth-order valence-electron chi connectivity index (χ4n) is 3.16. The van der Waals surface area contributed by atoms with Crippen molar-refractivity contribution in [2.24, 2.45) is 4.99 Å². The molecule has 9 heteroatoms. The Morgan fingerprint density at radius 1 is 1.19 bits per heavy atom. The molecule has 2 unspecified atom stereocenters. The molecular weight excluding hydrogens is 358 g/mol. The van der Waals surface area contributed by atoms with E-state index in [-0.39, 0.29) is 25.1 Å². The number of hydrogen-bond acceptors (Lipinski definition) is 4. The van der Waals surface area contributed by atoms with Gasteiger partial charge in [0.15, 0.2) is 12.0 Å². The van der Waals surface area contributed by atoms with Gasteiger partial charge in [0.05, 0.1) is 6.54 Å². The van der Waals surface area contributed by atoms with E-state index in [4.69, 9.17) is 16.7 Å². The van der Waals surface area contributed by atoms with Crippen molar-refractivity contribution < 1.29 is 14.7 Å². The molecule has 26 heavy (non-hydrogen) atoms. The van der Waals surface area contributed by atoms with Crippen LogP contribution < -0.4 is 5.32 Å². The zero-order valence-corrected chi connectivity index (χ0v) is 15.5. The maximum atomic E-state index is 13.0. The average Bonchev–Trinajstić information content (AvgIpc) is 2.96. The van der Waals surface area contributed by atoms with Gasteiger partial charge in [-0.15, -0.1) is 0 Å². The smallest absolute Gasteiger partial charge is 0.328 e. The molecule has 0 aliphatic carbocycles. The summed E-state index contributed by atoms with van der Waals surface area (Å²) >= 11 is 5.90. The number of carbonyl (C=O) groups excluding carboxylic acids is 2. The number of likely N-dealkylation sites (N-methyl/N-ethyl adjacent to an activating group) is 2. The number of imide groups is 1. The number of amides is 3. The highest BCUT2D eigenvalue weighted by Gasteiger charge is 2.51. The fourth-order valence-corrected chi connectivity index (χ4v) is 3.29. The number of aliphatic hydroxyl groups is 1. The topological polar surface area (TPSA) is 88.5 Å². The van der Waals surface area contributed by atoms with E-state index in [1.165, 1.54) is 9.80 Å². The van der Waals surface area contributed by atoms with Gasteiger partial charge in [-0.05, 0) is 24.1 Å². The summed E-state index contributed by atoms with van der Waals surface area (Å²) in [5.41, 5.74) is 0.827. The van der Waals surface area contributed by atoms with Crippen molar-refractivity contribution in [2.45, 2.75) is 25.2 Å². The van der Waals surface area contributed by atoms with E-state index in [2.05, 4.69) is 10.3 Å². The first-order chi connectivity index (χ1) is 12.4. The second-order valence-corrected chi connectivity index (χ2v) is 6.81. The largest absolute Gasteiger partial charge is 0.396 e. The summed E-state index contributed by atoms with van der Waals surface area (Å²) in [4.78, 5) is 34.6. The highest BCUT2D eigenvalue weighted by Crippen LogP contribution is 2.25. The van der Waals surface area contributed by atoms with Crippen molar-refractivity contribution >= 4 is 29.5 Å². The van der Waals surface area contributed by atoms with E-state index in [0.29, 0.717) is 23.9 Å². The Kier molecular flexibility index (Phi) is 5.33. The first kappa shape index (κ1) is 18.5. The summed E-state index contributed by atoms with van der Waals surface area (Å²) in [5, 5.41) is 12.6. The number of guanidine groups is 1. The molecule has 3 amide bonds. The molecule has 140 valence electrons. The van der Waals surface area contributed by atoms with Crippen LogP contribution in [0.2, 0.25) is 5.02 Å². The average molecular weight is 380 g/mol. The molecule has 0 spiro atoms. The Labute approximate surface area is 157 Å². The summed E-state index contributed by atoms with van der Waals surface area (Å²) in [5.74, 6) is 0.283. The quantitative estimate of drug-likeness (QED) is 0.735. The normalized spacial score (nSPS) is 24.3. The third-order valence-corrected chi connectivity index (χ3v) is 4.88. The van der Waals surface area contributed by atoms with E-state index in [1.54, 1.807) is 43.3 Å². The molecule has 1 aromatic carbocycles. The highest BCUT2D eigenvalue weighted by molar-refractivity contribution is 6.30. The molecule has 0 aromatic heterocycles. The molecule has 3 rings (SSSR count). The van der Waals surface area contributed by atoms with Crippen molar-refractivity contribution in [1.29, 1.82) is 0 Å². The zero-order valence-electron chi connectivity index (χ0n) is 14.7. The predicted octanol–water partition coefficient (Wildman–Crippen LogP) is 0.702.